The lowest BCUT2D eigenvalue weighted by Gasteiger charge is -2.15. The summed E-state index contributed by atoms with van der Waals surface area (Å²) in [5.41, 5.74) is 2.08. The zero-order valence-electron chi connectivity index (χ0n) is 12.6. The van der Waals surface area contributed by atoms with Crippen LogP contribution in [-0.2, 0) is 0 Å². The van der Waals surface area contributed by atoms with Crippen molar-refractivity contribution in [1.29, 1.82) is 0 Å². The molecule has 0 saturated heterocycles. The number of rotatable bonds is 5. The van der Waals surface area contributed by atoms with E-state index in [1.165, 1.54) is 5.56 Å². The molecule has 0 radical (unpaired) electrons. The van der Waals surface area contributed by atoms with Crippen LogP contribution in [0, 0.1) is 0 Å². The summed E-state index contributed by atoms with van der Waals surface area (Å²) >= 11 is 3.49. The standard InChI is InChI=1S/C17H16BrN5/c1-12(13-7-3-2-4-8-13)20-16-11-19-23-17(22-16)21-15-10-6-5-9-14(15)18/h2-12H,1H3,(H2,20,21,22,23). The molecule has 0 aliphatic carbocycles. The van der Waals surface area contributed by atoms with E-state index in [4.69, 9.17) is 0 Å². The molecule has 0 spiro atoms. The Morgan fingerprint density at radius 3 is 2.52 bits per heavy atom. The molecule has 3 rings (SSSR count). The van der Waals surface area contributed by atoms with E-state index in [2.05, 4.69) is 60.8 Å². The SMILES string of the molecule is CC(Nc1cnnc(Nc2ccccc2Br)n1)c1ccccc1. The van der Waals surface area contributed by atoms with Gasteiger partial charge >= 0.3 is 0 Å². The summed E-state index contributed by atoms with van der Waals surface area (Å²) < 4.78 is 0.944. The van der Waals surface area contributed by atoms with Gasteiger partial charge in [-0.1, -0.05) is 42.5 Å². The molecule has 6 heteroatoms. The molecule has 0 amide bonds. The van der Waals surface area contributed by atoms with Gasteiger partial charge in [0, 0.05) is 10.5 Å². The van der Waals surface area contributed by atoms with Gasteiger partial charge in [-0.05, 0) is 40.5 Å². The Hall–Kier alpha value is -2.47. The number of para-hydroxylation sites is 1. The molecule has 1 unspecified atom stereocenters. The van der Waals surface area contributed by atoms with Crippen molar-refractivity contribution in [3.63, 3.8) is 0 Å². The first-order chi connectivity index (χ1) is 11.2. The summed E-state index contributed by atoms with van der Waals surface area (Å²) in [6, 6.07) is 18.1. The molecule has 3 aromatic rings. The molecule has 0 fully saturated rings. The fraction of sp³-hybridized carbons (Fsp3) is 0.118. The predicted molar refractivity (Wildman–Crippen MR) is 95.7 cm³/mol. The van der Waals surface area contributed by atoms with Gasteiger partial charge < -0.3 is 10.6 Å². The third kappa shape index (κ3) is 4.04. The van der Waals surface area contributed by atoms with Crippen molar-refractivity contribution >= 4 is 33.4 Å². The number of nitrogens with zero attached hydrogens (tertiary/aromatic N) is 3. The van der Waals surface area contributed by atoms with E-state index in [1.807, 2.05) is 42.5 Å². The second-order valence-electron chi connectivity index (χ2n) is 5.05. The van der Waals surface area contributed by atoms with Crippen LogP contribution in [0.3, 0.4) is 0 Å². The van der Waals surface area contributed by atoms with E-state index in [9.17, 15) is 0 Å². The normalized spacial score (nSPS) is 11.7. The third-order valence-corrected chi connectivity index (χ3v) is 4.03. The molecule has 0 bridgehead atoms. The second kappa shape index (κ2) is 7.19. The van der Waals surface area contributed by atoms with Crippen molar-refractivity contribution in [2.45, 2.75) is 13.0 Å². The van der Waals surface area contributed by atoms with E-state index >= 15 is 0 Å². The topological polar surface area (TPSA) is 62.7 Å². The van der Waals surface area contributed by atoms with Crippen molar-refractivity contribution < 1.29 is 0 Å². The summed E-state index contributed by atoms with van der Waals surface area (Å²) in [6.07, 6.45) is 1.62. The molecular formula is C17H16BrN5. The summed E-state index contributed by atoms with van der Waals surface area (Å²) in [7, 11) is 0. The summed E-state index contributed by atoms with van der Waals surface area (Å²) in [4.78, 5) is 4.46. The molecule has 1 heterocycles. The van der Waals surface area contributed by atoms with Gasteiger partial charge in [0.1, 0.15) is 0 Å². The number of nitrogens with one attached hydrogen (secondary N) is 2. The van der Waals surface area contributed by atoms with Crippen molar-refractivity contribution in [3.05, 3.63) is 70.8 Å². The van der Waals surface area contributed by atoms with Gasteiger partial charge in [-0.15, -0.1) is 5.10 Å². The Kier molecular flexibility index (Phi) is 4.83. The third-order valence-electron chi connectivity index (χ3n) is 3.34. The molecule has 2 N–H and O–H groups in total. The van der Waals surface area contributed by atoms with Gasteiger partial charge in [0.2, 0.25) is 5.95 Å². The van der Waals surface area contributed by atoms with Gasteiger partial charge in [0.05, 0.1) is 11.9 Å². The maximum Gasteiger partial charge on any atom is 0.249 e. The van der Waals surface area contributed by atoms with Crippen molar-refractivity contribution in [3.8, 4) is 0 Å². The Morgan fingerprint density at radius 1 is 1.00 bits per heavy atom. The highest BCUT2D eigenvalue weighted by atomic mass is 79.9. The minimum absolute atomic E-state index is 0.129. The number of aromatic nitrogens is 3. The van der Waals surface area contributed by atoms with Gasteiger partial charge in [0.25, 0.3) is 0 Å². The average molecular weight is 370 g/mol. The van der Waals surface area contributed by atoms with E-state index < -0.39 is 0 Å². The highest BCUT2D eigenvalue weighted by Crippen LogP contribution is 2.24. The molecule has 0 aliphatic heterocycles. The fourth-order valence-corrected chi connectivity index (χ4v) is 2.54. The lowest BCUT2D eigenvalue weighted by molar-refractivity contribution is 0.861. The molecule has 0 saturated carbocycles. The molecule has 1 aromatic heterocycles. The second-order valence-corrected chi connectivity index (χ2v) is 5.90. The molecule has 116 valence electrons. The van der Waals surface area contributed by atoms with Gasteiger partial charge in [-0.3, -0.25) is 0 Å². The van der Waals surface area contributed by atoms with E-state index in [-0.39, 0.29) is 6.04 Å². The Labute approximate surface area is 143 Å². The monoisotopic (exact) mass is 369 g/mol. The molecular weight excluding hydrogens is 354 g/mol. The van der Waals surface area contributed by atoms with Crippen LogP contribution in [0.25, 0.3) is 0 Å². The quantitative estimate of drug-likeness (QED) is 0.690. The summed E-state index contributed by atoms with van der Waals surface area (Å²) in [5.74, 6) is 1.12. The minimum Gasteiger partial charge on any atom is -0.362 e. The number of halogens is 1. The van der Waals surface area contributed by atoms with Crippen molar-refractivity contribution in [2.24, 2.45) is 0 Å². The zero-order chi connectivity index (χ0) is 16.1. The predicted octanol–water partition coefficient (Wildman–Crippen LogP) is 4.55. The van der Waals surface area contributed by atoms with Crippen LogP contribution in [0.2, 0.25) is 0 Å². The van der Waals surface area contributed by atoms with Crippen molar-refractivity contribution in [2.75, 3.05) is 10.6 Å². The van der Waals surface area contributed by atoms with Crippen LogP contribution in [0.1, 0.15) is 18.5 Å². The van der Waals surface area contributed by atoms with Crippen LogP contribution in [0.4, 0.5) is 17.5 Å². The number of hydrogen-bond acceptors (Lipinski definition) is 5. The van der Waals surface area contributed by atoms with Crippen LogP contribution in [0.5, 0.6) is 0 Å². The largest absolute Gasteiger partial charge is 0.362 e. The zero-order valence-corrected chi connectivity index (χ0v) is 14.2. The smallest absolute Gasteiger partial charge is 0.249 e. The highest BCUT2D eigenvalue weighted by molar-refractivity contribution is 9.10. The van der Waals surface area contributed by atoms with Crippen LogP contribution in [0.15, 0.2) is 65.3 Å². The maximum atomic E-state index is 4.46. The number of benzene rings is 2. The minimum atomic E-state index is 0.129. The first-order valence-electron chi connectivity index (χ1n) is 7.25. The summed E-state index contributed by atoms with van der Waals surface area (Å²) in [5, 5.41) is 14.5. The van der Waals surface area contributed by atoms with Crippen molar-refractivity contribution in [1.82, 2.24) is 15.2 Å². The van der Waals surface area contributed by atoms with E-state index in [1.54, 1.807) is 6.20 Å². The van der Waals surface area contributed by atoms with E-state index in [0.717, 1.165) is 10.2 Å². The fourth-order valence-electron chi connectivity index (χ4n) is 2.16. The Morgan fingerprint density at radius 2 is 1.74 bits per heavy atom. The first kappa shape index (κ1) is 15.4. The number of anilines is 3. The molecule has 1 atom stereocenters. The molecule has 0 aliphatic rings. The average Bonchev–Trinajstić information content (AvgIpc) is 2.58. The van der Waals surface area contributed by atoms with Crippen LogP contribution < -0.4 is 10.6 Å². The molecule has 23 heavy (non-hydrogen) atoms. The lowest BCUT2D eigenvalue weighted by atomic mass is 10.1. The Bertz CT molecular complexity index is 779. The molecule has 2 aromatic carbocycles. The van der Waals surface area contributed by atoms with Gasteiger partial charge in [0.15, 0.2) is 5.82 Å². The summed E-state index contributed by atoms with van der Waals surface area (Å²) in [6.45, 7) is 2.08. The van der Waals surface area contributed by atoms with Gasteiger partial charge in [-0.25, -0.2) is 0 Å². The molecule has 5 nitrogen and oxygen atoms in total. The maximum absolute atomic E-state index is 4.46. The van der Waals surface area contributed by atoms with Gasteiger partial charge in [-0.2, -0.15) is 10.1 Å². The first-order valence-corrected chi connectivity index (χ1v) is 8.04. The van der Waals surface area contributed by atoms with Crippen LogP contribution in [-0.4, -0.2) is 15.2 Å². The highest BCUT2D eigenvalue weighted by Gasteiger charge is 2.08. The number of hydrogen-bond donors (Lipinski definition) is 2. The Balaban J connectivity index is 1.74. The van der Waals surface area contributed by atoms with Crippen LogP contribution >= 0.6 is 15.9 Å². The van der Waals surface area contributed by atoms with E-state index in [0.29, 0.717) is 11.8 Å². The lowest BCUT2D eigenvalue weighted by Crippen LogP contribution is -2.10.